The van der Waals surface area contributed by atoms with Gasteiger partial charge in [0.25, 0.3) is 11.8 Å². The lowest BCUT2D eigenvalue weighted by Gasteiger charge is -2.38. The van der Waals surface area contributed by atoms with E-state index >= 15 is 0 Å². The number of benzene rings is 2. The summed E-state index contributed by atoms with van der Waals surface area (Å²) < 4.78 is 52.3. The van der Waals surface area contributed by atoms with E-state index in [2.05, 4.69) is 62.0 Å². The monoisotopic (exact) mass is 817 g/mol. The van der Waals surface area contributed by atoms with Gasteiger partial charge in [-0.25, -0.2) is 18.7 Å². The fraction of sp³-hybridized carbons (Fsp3) is 0.333. The highest BCUT2D eigenvalue weighted by Gasteiger charge is 2.41. The summed E-state index contributed by atoms with van der Waals surface area (Å²) in [7, 11) is 0. The molecule has 0 aliphatic carbocycles. The smallest absolute Gasteiger partial charge is 0.261 e. The summed E-state index contributed by atoms with van der Waals surface area (Å²) in [5, 5.41) is 9.17. The molecule has 0 saturated carbocycles. The molecule has 2 aliphatic heterocycles. The first kappa shape index (κ1) is 33.8. The van der Waals surface area contributed by atoms with Crippen LogP contribution < -0.4 is 4.90 Å². The molecule has 4 aromatic heterocycles. The molecule has 8 rings (SSSR count). The molecule has 11 nitrogen and oxygen atoms in total. The molecule has 49 heavy (non-hydrogen) atoms. The third-order valence-corrected chi connectivity index (χ3v) is 9.78. The quantitative estimate of drug-likeness (QED) is 0.160. The summed E-state index contributed by atoms with van der Waals surface area (Å²) >= 11 is 12.8. The molecular formula is C33H28Br2ClF2N7O4. The SMILES string of the molecule is Cc1noc(-c2c(Cl)nc3c(F)cc(Br)cc3c2C)n1.Cc1noc(-c2c(N3CCC4(CC3)OCCO4)nc3c(F)cc(Br)cc3c2C)n1. The van der Waals surface area contributed by atoms with Crippen molar-refractivity contribution in [2.75, 3.05) is 31.2 Å². The van der Waals surface area contributed by atoms with Crippen molar-refractivity contribution >= 4 is 71.1 Å². The molecule has 0 N–H and O–H groups in total. The van der Waals surface area contributed by atoms with Gasteiger partial charge in [0.15, 0.2) is 29.1 Å². The van der Waals surface area contributed by atoms with Gasteiger partial charge in [-0.15, -0.1) is 0 Å². The number of hydrogen-bond acceptors (Lipinski definition) is 11. The zero-order chi connectivity index (χ0) is 34.6. The number of ether oxygens (including phenoxy) is 2. The molecule has 0 atom stereocenters. The van der Waals surface area contributed by atoms with E-state index in [1.54, 1.807) is 19.9 Å². The van der Waals surface area contributed by atoms with Crippen molar-refractivity contribution in [3.05, 3.63) is 72.8 Å². The van der Waals surface area contributed by atoms with Crippen molar-refractivity contribution in [2.24, 2.45) is 0 Å². The van der Waals surface area contributed by atoms with Gasteiger partial charge >= 0.3 is 0 Å². The summed E-state index contributed by atoms with van der Waals surface area (Å²) in [6.07, 6.45) is 1.44. The predicted octanol–water partition coefficient (Wildman–Crippen LogP) is 8.60. The Morgan fingerprint density at radius 2 is 1.20 bits per heavy atom. The topological polar surface area (TPSA) is 125 Å². The van der Waals surface area contributed by atoms with E-state index in [0.29, 0.717) is 80.5 Å². The van der Waals surface area contributed by atoms with Crippen LogP contribution in [0, 0.1) is 39.3 Å². The van der Waals surface area contributed by atoms with Crippen LogP contribution in [-0.4, -0.2) is 62.3 Å². The lowest BCUT2D eigenvalue weighted by molar-refractivity contribution is -0.169. The van der Waals surface area contributed by atoms with Crippen LogP contribution in [0.5, 0.6) is 0 Å². The zero-order valence-electron chi connectivity index (χ0n) is 26.7. The molecule has 2 fully saturated rings. The Kier molecular flexibility index (Phi) is 9.15. The fourth-order valence-electron chi connectivity index (χ4n) is 6.21. The highest BCUT2D eigenvalue weighted by molar-refractivity contribution is 9.10. The van der Waals surface area contributed by atoms with Gasteiger partial charge in [0, 0.05) is 45.6 Å². The zero-order valence-corrected chi connectivity index (χ0v) is 30.6. The van der Waals surface area contributed by atoms with Gasteiger partial charge in [0.1, 0.15) is 22.0 Å². The Balaban J connectivity index is 0.000000166. The van der Waals surface area contributed by atoms with E-state index in [4.69, 9.17) is 35.1 Å². The van der Waals surface area contributed by atoms with Crippen LogP contribution in [0.25, 0.3) is 44.7 Å². The third kappa shape index (κ3) is 6.42. The van der Waals surface area contributed by atoms with E-state index in [1.807, 2.05) is 19.9 Å². The number of halogens is 5. The molecule has 0 radical (unpaired) electrons. The molecule has 0 bridgehead atoms. The van der Waals surface area contributed by atoms with Gasteiger partial charge in [-0.2, -0.15) is 9.97 Å². The number of aryl methyl sites for hydroxylation is 4. The lowest BCUT2D eigenvalue weighted by Crippen LogP contribution is -2.45. The number of piperidine rings is 1. The highest BCUT2D eigenvalue weighted by Crippen LogP contribution is 2.41. The van der Waals surface area contributed by atoms with Crippen molar-refractivity contribution < 1.29 is 27.3 Å². The van der Waals surface area contributed by atoms with Crippen LogP contribution >= 0.6 is 43.5 Å². The van der Waals surface area contributed by atoms with Gasteiger partial charge < -0.3 is 23.4 Å². The molecule has 1 spiro atoms. The minimum atomic E-state index is -0.500. The second-order valence-electron chi connectivity index (χ2n) is 11.8. The molecular weight excluding hydrogens is 792 g/mol. The largest absolute Gasteiger partial charge is 0.356 e. The van der Waals surface area contributed by atoms with Crippen LogP contribution in [0.3, 0.4) is 0 Å². The van der Waals surface area contributed by atoms with Crippen LogP contribution in [0.1, 0.15) is 35.6 Å². The molecule has 254 valence electrons. The second kappa shape index (κ2) is 13.2. The number of fused-ring (bicyclic) bond motifs is 2. The average Bonchev–Trinajstić information content (AvgIpc) is 3.81. The Morgan fingerprint density at radius 3 is 1.71 bits per heavy atom. The summed E-state index contributed by atoms with van der Waals surface area (Å²) in [6, 6.07) is 6.43. The normalized spacial score (nSPS) is 15.7. The minimum absolute atomic E-state index is 0.139. The van der Waals surface area contributed by atoms with Gasteiger partial charge in [-0.1, -0.05) is 53.8 Å². The maximum absolute atomic E-state index is 14.8. The molecule has 2 aromatic carbocycles. The number of rotatable bonds is 3. The Morgan fingerprint density at radius 1 is 0.714 bits per heavy atom. The molecule has 6 heterocycles. The summed E-state index contributed by atoms with van der Waals surface area (Å²) in [6.45, 7) is 9.83. The van der Waals surface area contributed by atoms with Gasteiger partial charge in [0.2, 0.25) is 0 Å². The van der Waals surface area contributed by atoms with Crippen LogP contribution in [-0.2, 0) is 9.47 Å². The Labute approximate surface area is 300 Å². The predicted molar refractivity (Wildman–Crippen MR) is 185 cm³/mol. The van der Waals surface area contributed by atoms with Crippen LogP contribution in [0.2, 0.25) is 5.15 Å². The second-order valence-corrected chi connectivity index (χ2v) is 14.0. The van der Waals surface area contributed by atoms with Crippen molar-refractivity contribution in [1.82, 2.24) is 30.2 Å². The summed E-state index contributed by atoms with van der Waals surface area (Å²) in [5.41, 5.74) is 3.40. The third-order valence-electron chi connectivity index (χ3n) is 8.59. The molecule has 2 saturated heterocycles. The van der Waals surface area contributed by atoms with Crippen molar-refractivity contribution in [1.29, 1.82) is 0 Å². The van der Waals surface area contributed by atoms with Gasteiger partial charge in [-0.3, -0.25) is 0 Å². The number of hydrogen-bond donors (Lipinski definition) is 0. The highest BCUT2D eigenvalue weighted by atomic mass is 79.9. The van der Waals surface area contributed by atoms with Crippen molar-refractivity contribution in [3.63, 3.8) is 0 Å². The first-order valence-electron chi connectivity index (χ1n) is 15.3. The molecule has 16 heteroatoms. The van der Waals surface area contributed by atoms with E-state index < -0.39 is 11.6 Å². The van der Waals surface area contributed by atoms with Crippen LogP contribution in [0.15, 0.2) is 42.3 Å². The van der Waals surface area contributed by atoms with E-state index in [9.17, 15) is 8.78 Å². The summed E-state index contributed by atoms with van der Waals surface area (Å²) in [4.78, 5) is 19.5. The Hall–Kier alpha value is -3.63. The van der Waals surface area contributed by atoms with Gasteiger partial charge in [-0.05, 0) is 63.1 Å². The van der Waals surface area contributed by atoms with E-state index in [-0.39, 0.29) is 22.4 Å². The van der Waals surface area contributed by atoms with Crippen molar-refractivity contribution in [3.8, 4) is 22.9 Å². The number of nitrogens with zero attached hydrogens (tertiary/aromatic N) is 7. The Bertz CT molecular complexity index is 2230. The summed E-state index contributed by atoms with van der Waals surface area (Å²) in [5.74, 6) is 1.04. The lowest BCUT2D eigenvalue weighted by atomic mass is 10.00. The fourth-order valence-corrected chi connectivity index (χ4v) is 7.38. The first-order chi connectivity index (χ1) is 23.4. The van der Waals surface area contributed by atoms with E-state index in [1.165, 1.54) is 12.1 Å². The minimum Gasteiger partial charge on any atom is -0.356 e. The number of pyridine rings is 2. The molecule has 2 aliphatic rings. The molecule has 0 unspecified atom stereocenters. The molecule has 6 aromatic rings. The number of anilines is 1. The first-order valence-corrected chi connectivity index (χ1v) is 17.3. The average molecular weight is 820 g/mol. The van der Waals surface area contributed by atoms with Crippen molar-refractivity contribution in [2.45, 2.75) is 46.3 Å². The standard InChI is InChI=1S/C20H20BrFN4O3.C13H8BrClFN3O/c1-11-14-9-13(21)10-15(22)17(14)24-18(16(11)19-23-12(2)25-29-19)26-5-3-20(4-6-26)27-7-8-28-20;1-5-8-3-7(14)4-9(16)11(8)18-12(15)10(5)13-17-6(2)19-20-13/h9-10H,3-8H2,1-2H3;3-4H,1-2H3. The maximum Gasteiger partial charge on any atom is 0.261 e. The van der Waals surface area contributed by atoms with E-state index in [0.717, 1.165) is 29.5 Å². The van der Waals surface area contributed by atoms with Crippen LogP contribution in [0.4, 0.5) is 14.6 Å². The molecule has 0 amide bonds. The maximum atomic E-state index is 14.8. The van der Waals surface area contributed by atoms with Gasteiger partial charge in [0.05, 0.1) is 24.3 Å². The number of aromatic nitrogens is 6.